The molecule has 2 aromatic rings. The fourth-order valence-corrected chi connectivity index (χ4v) is 1.71. The second kappa shape index (κ2) is 6.04. The van der Waals surface area contributed by atoms with Crippen molar-refractivity contribution in [2.45, 2.75) is 20.3 Å². The van der Waals surface area contributed by atoms with Gasteiger partial charge in [0.2, 0.25) is 5.91 Å². The molecule has 0 aliphatic carbocycles. The van der Waals surface area contributed by atoms with Crippen molar-refractivity contribution in [1.29, 1.82) is 0 Å². The number of nitrogens with one attached hydrogen (secondary N) is 2. The number of nitrogens with zero attached hydrogens (tertiary/aromatic N) is 1. The molecular formula is C14H17N3O2. The molecule has 0 bridgehead atoms. The van der Waals surface area contributed by atoms with Gasteiger partial charge in [0.15, 0.2) is 5.82 Å². The maximum Gasteiger partial charge on any atom is 0.227 e. The molecule has 0 spiro atoms. The number of carbonyl (C=O) groups excluding carboxylic acids is 1. The molecule has 0 fully saturated rings. The number of amides is 1. The van der Waals surface area contributed by atoms with Crippen molar-refractivity contribution in [3.05, 3.63) is 41.7 Å². The van der Waals surface area contributed by atoms with E-state index in [0.717, 1.165) is 11.3 Å². The van der Waals surface area contributed by atoms with Crippen molar-refractivity contribution in [1.82, 2.24) is 5.16 Å². The van der Waals surface area contributed by atoms with E-state index in [-0.39, 0.29) is 5.91 Å². The predicted molar refractivity (Wildman–Crippen MR) is 74.2 cm³/mol. The number of hydrogen-bond donors (Lipinski definition) is 2. The minimum Gasteiger partial charge on any atom is -0.384 e. The van der Waals surface area contributed by atoms with E-state index in [1.165, 1.54) is 0 Å². The first-order valence-corrected chi connectivity index (χ1v) is 6.18. The van der Waals surface area contributed by atoms with E-state index in [0.29, 0.717) is 24.5 Å². The average molecular weight is 259 g/mol. The molecule has 19 heavy (non-hydrogen) atoms. The van der Waals surface area contributed by atoms with Crippen molar-refractivity contribution in [2.24, 2.45) is 0 Å². The van der Waals surface area contributed by atoms with Crippen molar-refractivity contribution in [2.75, 3.05) is 17.2 Å². The zero-order valence-electron chi connectivity index (χ0n) is 11.1. The molecular weight excluding hydrogens is 242 g/mol. The number of anilines is 2. The number of aryl methyl sites for hydroxylation is 2. The zero-order chi connectivity index (χ0) is 13.7. The van der Waals surface area contributed by atoms with Crippen LogP contribution in [0.5, 0.6) is 0 Å². The molecule has 1 aromatic carbocycles. The zero-order valence-corrected chi connectivity index (χ0v) is 11.1. The third kappa shape index (κ3) is 3.84. The largest absolute Gasteiger partial charge is 0.384 e. The molecule has 5 nitrogen and oxygen atoms in total. The highest BCUT2D eigenvalue weighted by atomic mass is 16.5. The molecule has 0 aliphatic rings. The molecule has 5 heteroatoms. The minimum atomic E-state index is -0.0885. The summed E-state index contributed by atoms with van der Waals surface area (Å²) in [5.41, 5.74) is 2.21. The highest BCUT2D eigenvalue weighted by Gasteiger charge is 2.06. The van der Waals surface area contributed by atoms with Crippen LogP contribution in [-0.2, 0) is 4.79 Å². The third-order valence-corrected chi connectivity index (χ3v) is 2.71. The molecule has 0 unspecified atom stereocenters. The highest BCUT2D eigenvalue weighted by molar-refractivity contribution is 5.90. The summed E-state index contributed by atoms with van der Waals surface area (Å²) in [6.45, 7) is 4.39. The van der Waals surface area contributed by atoms with Gasteiger partial charge in [-0.15, -0.1) is 0 Å². The number of benzene rings is 1. The fourth-order valence-electron chi connectivity index (χ4n) is 1.71. The molecule has 2 N–H and O–H groups in total. The van der Waals surface area contributed by atoms with Crippen LogP contribution in [0, 0.1) is 13.8 Å². The summed E-state index contributed by atoms with van der Waals surface area (Å²) in [4.78, 5) is 11.7. The van der Waals surface area contributed by atoms with Crippen LogP contribution in [0.2, 0.25) is 0 Å². The van der Waals surface area contributed by atoms with E-state index in [4.69, 9.17) is 4.52 Å². The van der Waals surface area contributed by atoms with Gasteiger partial charge < -0.3 is 15.2 Å². The summed E-state index contributed by atoms with van der Waals surface area (Å²) in [5.74, 6) is 1.04. The summed E-state index contributed by atoms with van der Waals surface area (Å²) >= 11 is 0. The Morgan fingerprint density at radius 1 is 1.32 bits per heavy atom. The average Bonchev–Trinajstić information content (AvgIpc) is 2.77. The van der Waals surface area contributed by atoms with Gasteiger partial charge in [0.1, 0.15) is 5.76 Å². The molecule has 1 aromatic heterocycles. The maximum absolute atomic E-state index is 11.7. The number of rotatable bonds is 5. The van der Waals surface area contributed by atoms with E-state index in [9.17, 15) is 4.79 Å². The summed E-state index contributed by atoms with van der Waals surface area (Å²) in [5, 5.41) is 9.62. The summed E-state index contributed by atoms with van der Waals surface area (Å²) in [7, 11) is 0. The number of carbonyl (C=O) groups is 1. The standard InChI is InChI=1S/C14H17N3O2/c1-10-5-3-4-6-12(10)15-8-7-14(18)16-13-9-11(2)19-17-13/h3-6,9,15H,7-8H2,1-2H3,(H,16,17,18). The quantitative estimate of drug-likeness (QED) is 0.866. The molecule has 100 valence electrons. The lowest BCUT2D eigenvalue weighted by Gasteiger charge is -2.08. The lowest BCUT2D eigenvalue weighted by molar-refractivity contribution is -0.116. The normalized spacial score (nSPS) is 10.2. The van der Waals surface area contributed by atoms with E-state index < -0.39 is 0 Å². The van der Waals surface area contributed by atoms with Crippen LogP contribution in [0.3, 0.4) is 0 Å². The molecule has 0 aliphatic heterocycles. The Labute approximate surface area is 112 Å². The summed E-state index contributed by atoms with van der Waals surface area (Å²) < 4.78 is 4.87. The lowest BCUT2D eigenvalue weighted by atomic mass is 10.2. The Bertz CT molecular complexity index is 563. The lowest BCUT2D eigenvalue weighted by Crippen LogP contribution is -2.16. The third-order valence-electron chi connectivity index (χ3n) is 2.71. The minimum absolute atomic E-state index is 0.0885. The Hall–Kier alpha value is -2.30. The molecule has 0 saturated heterocycles. The van der Waals surface area contributed by atoms with Crippen LogP contribution in [0.1, 0.15) is 17.7 Å². The first-order valence-electron chi connectivity index (χ1n) is 6.18. The van der Waals surface area contributed by atoms with Gasteiger partial charge in [-0.05, 0) is 25.5 Å². The van der Waals surface area contributed by atoms with Crippen molar-refractivity contribution in [3.8, 4) is 0 Å². The topological polar surface area (TPSA) is 67.2 Å². The molecule has 1 heterocycles. The van der Waals surface area contributed by atoms with Gasteiger partial charge in [0, 0.05) is 24.7 Å². The van der Waals surface area contributed by atoms with E-state index in [1.54, 1.807) is 13.0 Å². The van der Waals surface area contributed by atoms with Crippen LogP contribution < -0.4 is 10.6 Å². The molecule has 2 rings (SSSR count). The maximum atomic E-state index is 11.7. The van der Waals surface area contributed by atoms with Gasteiger partial charge in [-0.2, -0.15) is 0 Å². The van der Waals surface area contributed by atoms with Crippen LogP contribution >= 0.6 is 0 Å². The Kier molecular flexibility index (Phi) is 4.18. The van der Waals surface area contributed by atoms with Gasteiger partial charge in [-0.25, -0.2) is 0 Å². The van der Waals surface area contributed by atoms with Crippen molar-refractivity contribution in [3.63, 3.8) is 0 Å². The first kappa shape index (κ1) is 13.1. The monoisotopic (exact) mass is 259 g/mol. The van der Waals surface area contributed by atoms with Crippen LogP contribution in [0.4, 0.5) is 11.5 Å². The molecule has 0 radical (unpaired) electrons. The van der Waals surface area contributed by atoms with Gasteiger partial charge >= 0.3 is 0 Å². The van der Waals surface area contributed by atoms with Crippen LogP contribution in [0.25, 0.3) is 0 Å². The van der Waals surface area contributed by atoms with Gasteiger partial charge in [0.25, 0.3) is 0 Å². The second-order valence-electron chi connectivity index (χ2n) is 4.36. The fraction of sp³-hybridized carbons (Fsp3) is 0.286. The van der Waals surface area contributed by atoms with E-state index in [2.05, 4.69) is 15.8 Å². The van der Waals surface area contributed by atoms with Gasteiger partial charge in [-0.1, -0.05) is 23.4 Å². The SMILES string of the molecule is Cc1cc(NC(=O)CCNc2ccccc2C)no1. The Morgan fingerprint density at radius 2 is 2.11 bits per heavy atom. The number of aromatic nitrogens is 1. The van der Waals surface area contributed by atoms with Crippen LogP contribution in [0.15, 0.2) is 34.9 Å². The first-order chi connectivity index (χ1) is 9.15. The number of hydrogen-bond acceptors (Lipinski definition) is 4. The number of para-hydroxylation sites is 1. The second-order valence-corrected chi connectivity index (χ2v) is 4.36. The van der Waals surface area contributed by atoms with Crippen molar-refractivity contribution < 1.29 is 9.32 Å². The molecule has 0 saturated carbocycles. The molecule has 0 atom stereocenters. The summed E-state index contributed by atoms with van der Waals surface area (Å²) in [6, 6.07) is 9.66. The summed E-state index contributed by atoms with van der Waals surface area (Å²) in [6.07, 6.45) is 0.375. The van der Waals surface area contributed by atoms with E-state index in [1.807, 2.05) is 31.2 Å². The van der Waals surface area contributed by atoms with Crippen molar-refractivity contribution >= 4 is 17.4 Å². The highest BCUT2D eigenvalue weighted by Crippen LogP contribution is 2.13. The van der Waals surface area contributed by atoms with Gasteiger partial charge in [0.05, 0.1) is 0 Å². The Balaban J connectivity index is 1.77. The smallest absolute Gasteiger partial charge is 0.227 e. The molecule has 1 amide bonds. The van der Waals surface area contributed by atoms with Crippen LogP contribution in [-0.4, -0.2) is 17.6 Å². The van der Waals surface area contributed by atoms with E-state index >= 15 is 0 Å². The predicted octanol–water partition coefficient (Wildman–Crippen LogP) is 2.73. The Morgan fingerprint density at radius 3 is 2.79 bits per heavy atom. The van der Waals surface area contributed by atoms with Gasteiger partial charge in [-0.3, -0.25) is 4.79 Å².